The second kappa shape index (κ2) is 6.10. The fraction of sp³-hybridized carbons (Fsp3) is 0.222. The number of nitro groups is 2. The summed E-state index contributed by atoms with van der Waals surface area (Å²) < 4.78 is 0. The summed E-state index contributed by atoms with van der Waals surface area (Å²) in [5.74, 6) is -0.0462. The van der Waals surface area contributed by atoms with Crippen LogP contribution >= 0.6 is 11.6 Å². The predicted octanol–water partition coefficient (Wildman–Crippen LogP) is 4.98. The topological polar surface area (TPSA) is 98.3 Å². The normalized spacial score (nSPS) is 23.0. The lowest BCUT2D eigenvalue weighted by Gasteiger charge is -2.37. The van der Waals surface area contributed by atoms with E-state index < -0.39 is 4.92 Å². The molecular formula is C18H14ClN3O4. The van der Waals surface area contributed by atoms with Gasteiger partial charge in [-0.05, 0) is 17.9 Å². The molecule has 0 amide bonds. The molecule has 0 bridgehead atoms. The van der Waals surface area contributed by atoms with E-state index in [4.69, 9.17) is 11.6 Å². The second-order valence-corrected chi connectivity index (χ2v) is 6.85. The Morgan fingerprint density at radius 1 is 1.08 bits per heavy atom. The van der Waals surface area contributed by atoms with Crippen molar-refractivity contribution in [1.82, 2.24) is 0 Å². The quantitative estimate of drug-likeness (QED) is 0.466. The van der Waals surface area contributed by atoms with Crippen LogP contribution < -0.4 is 5.32 Å². The van der Waals surface area contributed by atoms with Gasteiger partial charge in [0, 0.05) is 24.1 Å². The fourth-order valence-electron chi connectivity index (χ4n) is 3.97. The zero-order valence-corrected chi connectivity index (χ0v) is 14.2. The van der Waals surface area contributed by atoms with E-state index in [1.165, 1.54) is 18.2 Å². The van der Waals surface area contributed by atoms with E-state index in [9.17, 15) is 20.2 Å². The van der Waals surface area contributed by atoms with Crippen LogP contribution in [0.2, 0.25) is 5.02 Å². The van der Waals surface area contributed by atoms with E-state index in [1.54, 1.807) is 18.2 Å². The molecule has 0 spiro atoms. The van der Waals surface area contributed by atoms with Crippen LogP contribution in [0.4, 0.5) is 17.1 Å². The van der Waals surface area contributed by atoms with Crippen LogP contribution in [0, 0.1) is 26.1 Å². The highest BCUT2D eigenvalue weighted by molar-refractivity contribution is 6.33. The molecule has 1 aliphatic heterocycles. The average Bonchev–Trinajstić information content (AvgIpc) is 3.11. The molecule has 2 aromatic carbocycles. The smallest absolute Gasteiger partial charge is 0.274 e. The Labute approximate surface area is 153 Å². The predicted molar refractivity (Wildman–Crippen MR) is 97.6 cm³/mol. The van der Waals surface area contributed by atoms with Crippen LogP contribution in [-0.2, 0) is 0 Å². The summed E-state index contributed by atoms with van der Waals surface area (Å²) in [5, 5.41) is 26.2. The van der Waals surface area contributed by atoms with Crippen LogP contribution in [0.3, 0.4) is 0 Å². The molecule has 0 saturated carbocycles. The van der Waals surface area contributed by atoms with Gasteiger partial charge < -0.3 is 5.32 Å². The number of fused-ring (bicyclic) bond motifs is 3. The van der Waals surface area contributed by atoms with Gasteiger partial charge in [-0.1, -0.05) is 42.0 Å². The minimum absolute atomic E-state index is 0.0293. The van der Waals surface area contributed by atoms with E-state index in [2.05, 4.69) is 5.32 Å². The van der Waals surface area contributed by atoms with Crippen molar-refractivity contribution in [2.45, 2.75) is 18.4 Å². The van der Waals surface area contributed by atoms with Crippen molar-refractivity contribution in [1.29, 1.82) is 0 Å². The SMILES string of the molecule is O=[N+]([O-])c1cc(Cl)c2c(c1)[C@@H]1C=CC[C@@H]1[C@@H](c1ccccc1[N+](=O)[O-])N2. The highest BCUT2D eigenvalue weighted by Gasteiger charge is 2.41. The maximum absolute atomic E-state index is 11.4. The lowest BCUT2D eigenvalue weighted by Crippen LogP contribution is -2.29. The molecule has 0 saturated heterocycles. The van der Waals surface area contributed by atoms with Gasteiger partial charge in [0.2, 0.25) is 0 Å². The first-order valence-corrected chi connectivity index (χ1v) is 8.49. The van der Waals surface area contributed by atoms with Crippen molar-refractivity contribution in [2.24, 2.45) is 5.92 Å². The summed E-state index contributed by atoms with van der Waals surface area (Å²) in [6.45, 7) is 0. The Balaban J connectivity index is 1.86. The summed E-state index contributed by atoms with van der Waals surface area (Å²) in [6.07, 6.45) is 4.75. The summed E-state index contributed by atoms with van der Waals surface area (Å²) in [4.78, 5) is 21.8. The molecule has 132 valence electrons. The van der Waals surface area contributed by atoms with Crippen molar-refractivity contribution >= 4 is 28.7 Å². The Kier molecular flexibility index (Phi) is 3.88. The van der Waals surface area contributed by atoms with Crippen LogP contribution in [0.15, 0.2) is 48.6 Å². The molecule has 2 aromatic rings. The number of benzene rings is 2. The zero-order valence-electron chi connectivity index (χ0n) is 13.5. The molecule has 1 heterocycles. The zero-order chi connectivity index (χ0) is 18.4. The molecule has 2 aliphatic rings. The molecule has 1 N–H and O–H groups in total. The largest absolute Gasteiger partial charge is 0.376 e. The number of rotatable bonds is 3. The van der Waals surface area contributed by atoms with Gasteiger partial charge in [0.15, 0.2) is 0 Å². The molecule has 4 rings (SSSR count). The number of nitrogens with one attached hydrogen (secondary N) is 1. The van der Waals surface area contributed by atoms with Crippen molar-refractivity contribution < 1.29 is 9.85 Å². The number of halogens is 1. The van der Waals surface area contributed by atoms with Crippen molar-refractivity contribution in [3.05, 3.63) is 84.9 Å². The standard InChI is InChI=1S/C18H14ClN3O4/c19-15-9-10(21(23)24)8-14-11-5-3-6-12(11)17(20-18(14)15)13-4-1-2-7-16(13)22(25)26/h1-5,7-9,11-12,17,20H,6H2/t11-,12+,17+/m1/s1. The first kappa shape index (κ1) is 16.5. The Hall–Kier alpha value is -2.93. The first-order valence-electron chi connectivity index (χ1n) is 8.11. The van der Waals surface area contributed by atoms with Crippen LogP contribution in [0.5, 0.6) is 0 Å². The molecule has 7 nitrogen and oxygen atoms in total. The molecule has 0 unspecified atom stereocenters. The highest BCUT2D eigenvalue weighted by atomic mass is 35.5. The minimum Gasteiger partial charge on any atom is -0.376 e. The van der Waals surface area contributed by atoms with Gasteiger partial charge in [-0.15, -0.1) is 0 Å². The summed E-state index contributed by atoms with van der Waals surface area (Å²) in [6, 6.07) is 9.19. The molecule has 8 heteroatoms. The van der Waals surface area contributed by atoms with Gasteiger partial charge in [0.25, 0.3) is 11.4 Å². The summed E-state index contributed by atoms with van der Waals surface area (Å²) >= 11 is 6.31. The lowest BCUT2D eigenvalue weighted by molar-refractivity contribution is -0.385. The number of anilines is 1. The third-order valence-corrected chi connectivity index (χ3v) is 5.38. The van der Waals surface area contributed by atoms with Gasteiger partial charge in [-0.3, -0.25) is 20.2 Å². The Bertz CT molecular complexity index is 959. The number of hydrogen-bond acceptors (Lipinski definition) is 5. The van der Waals surface area contributed by atoms with Crippen molar-refractivity contribution in [2.75, 3.05) is 5.32 Å². The van der Waals surface area contributed by atoms with Gasteiger partial charge in [0.05, 0.1) is 32.2 Å². The van der Waals surface area contributed by atoms with Crippen molar-refractivity contribution in [3.63, 3.8) is 0 Å². The van der Waals surface area contributed by atoms with E-state index >= 15 is 0 Å². The minimum atomic E-state index is -0.464. The third-order valence-electron chi connectivity index (χ3n) is 5.08. The van der Waals surface area contributed by atoms with Crippen LogP contribution in [0.1, 0.15) is 29.5 Å². The molecule has 0 radical (unpaired) electrons. The molecule has 3 atom stereocenters. The average molecular weight is 372 g/mol. The van der Waals surface area contributed by atoms with E-state index in [-0.39, 0.29) is 39.2 Å². The lowest BCUT2D eigenvalue weighted by atomic mass is 9.76. The number of hydrogen-bond donors (Lipinski definition) is 1. The van der Waals surface area contributed by atoms with Gasteiger partial charge in [0.1, 0.15) is 0 Å². The van der Waals surface area contributed by atoms with E-state index in [1.807, 2.05) is 12.2 Å². The highest BCUT2D eigenvalue weighted by Crippen LogP contribution is 2.53. The second-order valence-electron chi connectivity index (χ2n) is 6.44. The van der Waals surface area contributed by atoms with E-state index in [0.29, 0.717) is 11.3 Å². The van der Waals surface area contributed by atoms with Gasteiger partial charge in [-0.25, -0.2) is 0 Å². The molecule has 0 fully saturated rings. The van der Waals surface area contributed by atoms with Crippen LogP contribution in [0.25, 0.3) is 0 Å². The summed E-state index contributed by atoms with van der Waals surface area (Å²) in [5.41, 5.74) is 1.96. The fourth-order valence-corrected chi connectivity index (χ4v) is 4.25. The van der Waals surface area contributed by atoms with Gasteiger partial charge in [-0.2, -0.15) is 0 Å². The number of nitrogens with zero attached hydrogens (tertiary/aromatic N) is 2. The maximum atomic E-state index is 11.4. The third kappa shape index (κ3) is 2.52. The molecule has 26 heavy (non-hydrogen) atoms. The van der Waals surface area contributed by atoms with Gasteiger partial charge >= 0.3 is 0 Å². The number of nitro benzene ring substituents is 2. The maximum Gasteiger partial charge on any atom is 0.274 e. The van der Waals surface area contributed by atoms with E-state index in [0.717, 1.165) is 12.0 Å². The molecular weight excluding hydrogens is 358 g/mol. The monoisotopic (exact) mass is 371 g/mol. The molecule has 1 aliphatic carbocycles. The number of para-hydroxylation sites is 1. The Morgan fingerprint density at radius 2 is 1.85 bits per heavy atom. The number of non-ortho nitro benzene ring substituents is 1. The van der Waals surface area contributed by atoms with Crippen LogP contribution in [-0.4, -0.2) is 9.85 Å². The first-order chi connectivity index (χ1) is 12.5. The van der Waals surface area contributed by atoms with Crippen molar-refractivity contribution in [3.8, 4) is 0 Å². The molecule has 0 aromatic heterocycles. The Morgan fingerprint density at radius 3 is 2.58 bits per heavy atom. The number of allylic oxidation sites excluding steroid dienone is 2. The summed E-state index contributed by atoms with van der Waals surface area (Å²) in [7, 11) is 0.